The highest BCUT2D eigenvalue weighted by Crippen LogP contribution is 2.20. The summed E-state index contributed by atoms with van der Waals surface area (Å²) >= 11 is 0. The molecule has 0 amide bonds. The minimum absolute atomic E-state index is 0.130. The molecule has 3 heteroatoms. The average Bonchev–Trinajstić information content (AvgIpc) is 2.54. The lowest BCUT2D eigenvalue weighted by atomic mass is 10.2. The van der Waals surface area contributed by atoms with Crippen molar-refractivity contribution in [3.8, 4) is 0 Å². The van der Waals surface area contributed by atoms with Gasteiger partial charge in [-0.05, 0) is 31.9 Å². The molecule has 0 saturated carbocycles. The summed E-state index contributed by atoms with van der Waals surface area (Å²) in [5.41, 5.74) is 3.49. The second kappa shape index (κ2) is 5.34. The minimum atomic E-state index is 0.130. The lowest BCUT2D eigenvalue weighted by molar-refractivity contribution is -0.751. The van der Waals surface area contributed by atoms with Gasteiger partial charge >= 0.3 is 0 Å². The van der Waals surface area contributed by atoms with E-state index in [2.05, 4.69) is 30.0 Å². The van der Waals surface area contributed by atoms with Gasteiger partial charge in [0.05, 0.1) is 7.05 Å². The summed E-state index contributed by atoms with van der Waals surface area (Å²) in [4.78, 5) is 2.39. The number of quaternary nitrogens is 1. The predicted octanol–water partition coefficient (Wildman–Crippen LogP) is 1.88. The Morgan fingerprint density at radius 3 is 2.53 bits per heavy atom. The Hall–Kier alpha value is -1.32. The van der Waals surface area contributed by atoms with Gasteiger partial charge in [0, 0.05) is 30.9 Å². The minimum Gasteiger partial charge on any atom is -0.629 e. The van der Waals surface area contributed by atoms with E-state index in [9.17, 15) is 5.21 Å². The van der Waals surface area contributed by atoms with Gasteiger partial charge in [0.1, 0.15) is 5.69 Å². The lowest BCUT2D eigenvalue weighted by Gasteiger charge is -2.23. The molecule has 3 nitrogen and oxygen atoms in total. The topological polar surface area (TPSA) is 30.7 Å². The SMILES string of the molecule is CC1=CCCN(c2ccc([NH+](C)[O-])cc2)CC1. The molecule has 0 saturated heterocycles. The molecule has 0 radical (unpaired) electrons. The smallest absolute Gasteiger partial charge is 0.131 e. The van der Waals surface area contributed by atoms with Gasteiger partial charge in [-0.25, -0.2) is 0 Å². The molecule has 1 aliphatic rings. The van der Waals surface area contributed by atoms with Gasteiger partial charge in [-0.1, -0.05) is 11.6 Å². The highest BCUT2D eigenvalue weighted by Gasteiger charge is 2.09. The highest BCUT2D eigenvalue weighted by molar-refractivity contribution is 5.51. The number of hydrogen-bond donors (Lipinski definition) is 1. The Balaban J connectivity index is 2.07. The normalized spacial score (nSPS) is 18.5. The van der Waals surface area contributed by atoms with Crippen LogP contribution in [0.25, 0.3) is 0 Å². The van der Waals surface area contributed by atoms with Crippen molar-refractivity contribution in [3.05, 3.63) is 41.1 Å². The van der Waals surface area contributed by atoms with Crippen molar-refractivity contribution >= 4 is 11.4 Å². The maximum Gasteiger partial charge on any atom is 0.131 e. The molecule has 1 aromatic rings. The quantitative estimate of drug-likeness (QED) is 0.623. The number of hydrogen-bond acceptors (Lipinski definition) is 2. The lowest BCUT2D eigenvalue weighted by Crippen LogP contribution is -2.98. The first-order valence-corrected chi connectivity index (χ1v) is 6.18. The van der Waals surface area contributed by atoms with Crippen LogP contribution in [0, 0.1) is 5.21 Å². The van der Waals surface area contributed by atoms with E-state index in [-0.39, 0.29) is 5.06 Å². The van der Waals surface area contributed by atoms with Gasteiger partial charge in [0.25, 0.3) is 0 Å². The third-order valence-corrected chi connectivity index (χ3v) is 3.31. The van der Waals surface area contributed by atoms with E-state index in [0.29, 0.717) is 0 Å². The number of rotatable bonds is 2. The van der Waals surface area contributed by atoms with Crippen LogP contribution in [-0.4, -0.2) is 20.1 Å². The largest absolute Gasteiger partial charge is 0.629 e. The average molecular weight is 232 g/mol. The molecule has 17 heavy (non-hydrogen) atoms. The Bertz CT molecular complexity index is 395. The summed E-state index contributed by atoms with van der Waals surface area (Å²) in [6, 6.07) is 7.94. The van der Waals surface area contributed by atoms with Gasteiger partial charge in [0.2, 0.25) is 0 Å². The van der Waals surface area contributed by atoms with Crippen molar-refractivity contribution in [1.82, 2.24) is 0 Å². The van der Waals surface area contributed by atoms with Crippen LogP contribution >= 0.6 is 0 Å². The first-order chi connectivity index (χ1) is 8.16. The molecule has 1 unspecified atom stereocenters. The molecule has 0 aliphatic carbocycles. The molecule has 92 valence electrons. The first-order valence-electron chi connectivity index (χ1n) is 6.18. The standard InChI is InChI=1S/C14H20N2O/c1-12-4-3-10-16(11-9-12)14-7-5-13(6-8-14)15(2)17/h4-8,15H,3,9-11H2,1-2H3. The summed E-state index contributed by atoms with van der Waals surface area (Å²) in [5.74, 6) is 0. The number of anilines is 1. The summed E-state index contributed by atoms with van der Waals surface area (Å²) < 4.78 is 0. The van der Waals surface area contributed by atoms with Gasteiger partial charge in [-0.2, -0.15) is 0 Å². The Morgan fingerprint density at radius 1 is 1.18 bits per heavy atom. The summed E-state index contributed by atoms with van der Waals surface area (Å²) in [7, 11) is 1.61. The first kappa shape index (κ1) is 12.1. The van der Waals surface area contributed by atoms with Crippen LogP contribution in [0.5, 0.6) is 0 Å². The maximum atomic E-state index is 11.2. The Labute approximate surface area is 103 Å². The third-order valence-electron chi connectivity index (χ3n) is 3.31. The van der Waals surface area contributed by atoms with Gasteiger partial charge in [-0.15, -0.1) is 0 Å². The molecule has 1 N–H and O–H groups in total. The van der Waals surface area contributed by atoms with E-state index >= 15 is 0 Å². The fourth-order valence-electron chi connectivity index (χ4n) is 2.16. The Morgan fingerprint density at radius 2 is 1.88 bits per heavy atom. The van der Waals surface area contributed by atoms with Crippen LogP contribution in [0.4, 0.5) is 11.4 Å². The van der Waals surface area contributed by atoms with Crippen molar-refractivity contribution in [2.24, 2.45) is 0 Å². The molecule has 0 aromatic heterocycles. The van der Waals surface area contributed by atoms with Crippen LogP contribution in [0.1, 0.15) is 19.8 Å². The molecular formula is C14H20N2O. The van der Waals surface area contributed by atoms with E-state index in [1.165, 1.54) is 11.3 Å². The summed E-state index contributed by atoms with van der Waals surface area (Å²) in [6.45, 7) is 4.33. The van der Waals surface area contributed by atoms with Gasteiger partial charge < -0.3 is 15.2 Å². The van der Waals surface area contributed by atoms with Gasteiger partial charge in [0.15, 0.2) is 0 Å². The number of nitrogens with one attached hydrogen (secondary N) is 1. The van der Waals surface area contributed by atoms with E-state index < -0.39 is 0 Å². The summed E-state index contributed by atoms with van der Waals surface area (Å²) in [5, 5.41) is 11.3. The second-order valence-corrected chi connectivity index (χ2v) is 4.68. The monoisotopic (exact) mass is 232 g/mol. The van der Waals surface area contributed by atoms with Crippen LogP contribution in [-0.2, 0) is 0 Å². The summed E-state index contributed by atoms with van der Waals surface area (Å²) in [6.07, 6.45) is 4.57. The molecule has 0 fully saturated rings. The third kappa shape index (κ3) is 3.08. The van der Waals surface area contributed by atoms with Gasteiger partial charge in [-0.3, -0.25) is 0 Å². The van der Waals surface area contributed by atoms with Crippen LogP contribution < -0.4 is 9.96 Å². The molecule has 2 rings (SSSR count). The molecular weight excluding hydrogens is 212 g/mol. The van der Waals surface area contributed by atoms with Crippen molar-refractivity contribution in [3.63, 3.8) is 0 Å². The molecule has 1 heterocycles. The molecule has 1 atom stereocenters. The zero-order valence-corrected chi connectivity index (χ0v) is 10.6. The fraction of sp³-hybridized carbons (Fsp3) is 0.429. The molecule has 1 aromatic carbocycles. The molecule has 0 bridgehead atoms. The number of nitrogens with zero attached hydrogens (tertiary/aromatic N) is 1. The van der Waals surface area contributed by atoms with Crippen molar-refractivity contribution < 1.29 is 5.06 Å². The van der Waals surface area contributed by atoms with E-state index in [4.69, 9.17) is 0 Å². The highest BCUT2D eigenvalue weighted by atomic mass is 16.5. The van der Waals surface area contributed by atoms with Crippen LogP contribution in [0.3, 0.4) is 0 Å². The second-order valence-electron chi connectivity index (χ2n) is 4.68. The van der Waals surface area contributed by atoms with Crippen molar-refractivity contribution in [1.29, 1.82) is 0 Å². The van der Waals surface area contributed by atoms with Crippen molar-refractivity contribution in [2.45, 2.75) is 19.8 Å². The predicted molar refractivity (Wildman–Crippen MR) is 71.6 cm³/mol. The molecule has 1 aliphatic heterocycles. The fourth-order valence-corrected chi connectivity index (χ4v) is 2.16. The molecule has 0 spiro atoms. The van der Waals surface area contributed by atoms with E-state index in [0.717, 1.165) is 31.6 Å². The number of hydroxylamine groups is 1. The zero-order valence-electron chi connectivity index (χ0n) is 10.6. The van der Waals surface area contributed by atoms with E-state index in [1.54, 1.807) is 7.05 Å². The van der Waals surface area contributed by atoms with E-state index in [1.807, 2.05) is 12.1 Å². The zero-order chi connectivity index (χ0) is 12.3. The van der Waals surface area contributed by atoms with Crippen LogP contribution in [0.2, 0.25) is 0 Å². The number of benzene rings is 1. The van der Waals surface area contributed by atoms with Crippen LogP contribution in [0.15, 0.2) is 35.9 Å². The maximum absolute atomic E-state index is 11.2. The van der Waals surface area contributed by atoms with Crippen molar-refractivity contribution in [2.75, 3.05) is 25.0 Å². The Kier molecular flexibility index (Phi) is 3.82.